The van der Waals surface area contributed by atoms with E-state index in [1.165, 1.54) is 30.3 Å². The van der Waals surface area contributed by atoms with Crippen molar-refractivity contribution in [1.82, 2.24) is 5.32 Å². The van der Waals surface area contributed by atoms with E-state index in [0.717, 1.165) is 11.3 Å². The van der Waals surface area contributed by atoms with E-state index in [-0.39, 0.29) is 30.3 Å². The van der Waals surface area contributed by atoms with Crippen LogP contribution in [0.2, 0.25) is 0 Å². The fourth-order valence-corrected chi connectivity index (χ4v) is 2.67. The molecule has 1 aromatic carbocycles. The first-order chi connectivity index (χ1) is 11.5. The molecule has 24 heavy (non-hydrogen) atoms. The molecule has 0 aliphatic rings. The van der Waals surface area contributed by atoms with Gasteiger partial charge in [0.25, 0.3) is 5.91 Å². The summed E-state index contributed by atoms with van der Waals surface area (Å²) in [5.41, 5.74) is 0.809. The monoisotopic (exact) mass is 350 g/mol. The Morgan fingerprint density at radius 2 is 1.88 bits per heavy atom. The Kier molecular flexibility index (Phi) is 6.02. The SMILES string of the molecule is CCOC(=O)NC(=O)c1ccsc1NC(=O)Cc1ccc(F)cc1. The summed E-state index contributed by atoms with van der Waals surface area (Å²) in [5.74, 6) is -1.39. The van der Waals surface area contributed by atoms with Crippen LogP contribution in [0.3, 0.4) is 0 Å². The lowest BCUT2D eigenvalue weighted by molar-refractivity contribution is -0.115. The molecule has 0 aliphatic heterocycles. The Bertz CT molecular complexity index is 743. The first-order valence-corrected chi connectivity index (χ1v) is 7.97. The van der Waals surface area contributed by atoms with Crippen LogP contribution in [0.25, 0.3) is 0 Å². The average Bonchev–Trinajstić information content (AvgIpc) is 2.98. The van der Waals surface area contributed by atoms with E-state index in [1.54, 1.807) is 12.3 Å². The highest BCUT2D eigenvalue weighted by Gasteiger charge is 2.17. The van der Waals surface area contributed by atoms with Gasteiger partial charge in [0, 0.05) is 0 Å². The lowest BCUT2D eigenvalue weighted by Crippen LogP contribution is -2.31. The number of amides is 3. The van der Waals surface area contributed by atoms with Crippen LogP contribution in [0.15, 0.2) is 35.7 Å². The molecular formula is C16H15FN2O4S. The minimum Gasteiger partial charge on any atom is -0.450 e. The Hall–Kier alpha value is -2.74. The van der Waals surface area contributed by atoms with Gasteiger partial charge in [-0.05, 0) is 36.1 Å². The molecule has 2 N–H and O–H groups in total. The summed E-state index contributed by atoms with van der Waals surface area (Å²) < 4.78 is 17.5. The highest BCUT2D eigenvalue weighted by molar-refractivity contribution is 7.14. The number of anilines is 1. The molecule has 126 valence electrons. The molecule has 1 aromatic heterocycles. The molecule has 0 bridgehead atoms. The Labute approximate surface area is 141 Å². The van der Waals surface area contributed by atoms with Crippen LogP contribution in [0, 0.1) is 5.82 Å². The zero-order chi connectivity index (χ0) is 17.5. The first-order valence-electron chi connectivity index (χ1n) is 7.09. The summed E-state index contributed by atoms with van der Waals surface area (Å²) in [6.45, 7) is 1.76. The maximum Gasteiger partial charge on any atom is 0.414 e. The third-order valence-electron chi connectivity index (χ3n) is 2.93. The third-order valence-corrected chi connectivity index (χ3v) is 3.76. The molecule has 6 nitrogen and oxygen atoms in total. The van der Waals surface area contributed by atoms with E-state index < -0.39 is 12.0 Å². The summed E-state index contributed by atoms with van der Waals surface area (Å²) in [5, 5.41) is 6.62. The number of imide groups is 1. The largest absolute Gasteiger partial charge is 0.450 e. The highest BCUT2D eigenvalue weighted by Crippen LogP contribution is 2.23. The fourth-order valence-electron chi connectivity index (χ4n) is 1.87. The summed E-state index contributed by atoms with van der Waals surface area (Å²) in [6, 6.07) is 7.06. The molecular weight excluding hydrogens is 335 g/mol. The normalized spacial score (nSPS) is 10.1. The van der Waals surface area contributed by atoms with E-state index in [9.17, 15) is 18.8 Å². The molecule has 0 fully saturated rings. The van der Waals surface area contributed by atoms with Crippen molar-refractivity contribution in [2.45, 2.75) is 13.3 Å². The molecule has 0 saturated heterocycles. The number of carbonyl (C=O) groups excluding carboxylic acids is 3. The fraction of sp³-hybridized carbons (Fsp3) is 0.188. The topological polar surface area (TPSA) is 84.5 Å². The molecule has 0 aliphatic carbocycles. The van der Waals surface area contributed by atoms with Gasteiger partial charge in [-0.15, -0.1) is 11.3 Å². The standard InChI is InChI=1S/C16H15FN2O4S/c1-2-23-16(22)19-14(21)12-7-8-24-15(12)18-13(20)9-10-3-5-11(17)6-4-10/h3-8H,2,9H2,1H3,(H,18,20)(H,19,21,22). The molecule has 1 heterocycles. The number of hydrogen-bond donors (Lipinski definition) is 2. The second-order valence-electron chi connectivity index (χ2n) is 4.69. The van der Waals surface area contributed by atoms with E-state index in [1.807, 2.05) is 0 Å². The van der Waals surface area contributed by atoms with Crippen molar-refractivity contribution >= 4 is 34.2 Å². The van der Waals surface area contributed by atoms with Gasteiger partial charge in [0.15, 0.2) is 0 Å². The summed E-state index contributed by atoms with van der Waals surface area (Å²) in [7, 11) is 0. The van der Waals surface area contributed by atoms with Crippen molar-refractivity contribution < 1.29 is 23.5 Å². The molecule has 0 unspecified atom stereocenters. The van der Waals surface area contributed by atoms with Gasteiger partial charge in [0.1, 0.15) is 10.8 Å². The minimum absolute atomic E-state index is 0.0388. The average molecular weight is 350 g/mol. The van der Waals surface area contributed by atoms with Crippen molar-refractivity contribution in [2.24, 2.45) is 0 Å². The molecule has 8 heteroatoms. The van der Waals surface area contributed by atoms with Gasteiger partial charge in [0.2, 0.25) is 5.91 Å². The first kappa shape index (κ1) is 17.6. The lowest BCUT2D eigenvalue weighted by Gasteiger charge is -2.07. The molecule has 2 aromatic rings. The molecule has 0 radical (unpaired) electrons. The number of thiophene rings is 1. The van der Waals surface area contributed by atoms with Crippen LogP contribution in [-0.4, -0.2) is 24.5 Å². The third kappa shape index (κ3) is 4.88. The lowest BCUT2D eigenvalue weighted by atomic mass is 10.1. The maximum absolute atomic E-state index is 12.8. The number of benzene rings is 1. The summed E-state index contributed by atoms with van der Waals surface area (Å²) in [6.07, 6.45) is -0.811. The van der Waals surface area contributed by atoms with E-state index in [0.29, 0.717) is 10.6 Å². The van der Waals surface area contributed by atoms with Gasteiger partial charge in [-0.3, -0.25) is 14.9 Å². The zero-order valence-electron chi connectivity index (χ0n) is 12.8. The highest BCUT2D eigenvalue weighted by atomic mass is 32.1. The molecule has 0 spiro atoms. The zero-order valence-corrected chi connectivity index (χ0v) is 13.6. The number of alkyl carbamates (subject to hydrolysis) is 1. The van der Waals surface area contributed by atoms with Crippen molar-refractivity contribution in [2.75, 3.05) is 11.9 Å². The maximum atomic E-state index is 12.8. The Morgan fingerprint density at radius 1 is 1.17 bits per heavy atom. The van der Waals surface area contributed by atoms with Crippen molar-refractivity contribution in [3.8, 4) is 0 Å². The molecule has 0 saturated carbocycles. The Morgan fingerprint density at radius 3 is 2.54 bits per heavy atom. The van der Waals surface area contributed by atoms with Crippen LogP contribution in [0.5, 0.6) is 0 Å². The quantitative estimate of drug-likeness (QED) is 0.868. The van der Waals surface area contributed by atoms with Gasteiger partial charge in [-0.2, -0.15) is 0 Å². The number of hydrogen-bond acceptors (Lipinski definition) is 5. The van der Waals surface area contributed by atoms with E-state index in [2.05, 4.69) is 15.4 Å². The van der Waals surface area contributed by atoms with Gasteiger partial charge in [-0.1, -0.05) is 12.1 Å². The number of carbonyl (C=O) groups is 3. The van der Waals surface area contributed by atoms with Gasteiger partial charge in [0.05, 0.1) is 18.6 Å². The van der Waals surface area contributed by atoms with Crippen LogP contribution >= 0.6 is 11.3 Å². The minimum atomic E-state index is -0.850. The van der Waals surface area contributed by atoms with Gasteiger partial charge in [-0.25, -0.2) is 9.18 Å². The van der Waals surface area contributed by atoms with E-state index in [4.69, 9.17) is 0 Å². The second kappa shape index (κ2) is 8.21. The van der Waals surface area contributed by atoms with Crippen LogP contribution in [0.1, 0.15) is 22.8 Å². The van der Waals surface area contributed by atoms with Gasteiger partial charge < -0.3 is 10.1 Å². The number of nitrogens with one attached hydrogen (secondary N) is 2. The second-order valence-corrected chi connectivity index (χ2v) is 5.61. The van der Waals surface area contributed by atoms with Crippen LogP contribution in [0.4, 0.5) is 14.2 Å². The predicted molar refractivity (Wildman–Crippen MR) is 87.5 cm³/mol. The van der Waals surface area contributed by atoms with Crippen molar-refractivity contribution in [1.29, 1.82) is 0 Å². The van der Waals surface area contributed by atoms with Crippen molar-refractivity contribution in [3.05, 3.63) is 52.7 Å². The van der Waals surface area contributed by atoms with Gasteiger partial charge >= 0.3 is 6.09 Å². The molecule has 3 amide bonds. The number of ether oxygens (including phenoxy) is 1. The van der Waals surface area contributed by atoms with E-state index >= 15 is 0 Å². The molecule has 2 rings (SSSR count). The summed E-state index contributed by atoms with van der Waals surface area (Å²) >= 11 is 1.15. The number of rotatable bonds is 5. The Balaban J connectivity index is 1.99. The van der Waals surface area contributed by atoms with Crippen LogP contribution < -0.4 is 10.6 Å². The number of halogens is 1. The van der Waals surface area contributed by atoms with Crippen LogP contribution in [-0.2, 0) is 16.0 Å². The smallest absolute Gasteiger partial charge is 0.414 e. The molecule has 0 atom stereocenters. The van der Waals surface area contributed by atoms with Crippen molar-refractivity contribution in [3.63, 3.8) is 0 Å². The summed E-state index contributed by atoms with van der Waals surface area (Å²) in [4.78, 5) is 35.3. The predicted octanol–water partition coefficient (Wildman–Crippen LogP) is 2.95.